The van der Waals surface area contributed by atoms with Gasteiger partial charge in [0.05, 0.1) is 18.3 Å². The van der Waals surface area contributed by atoms with E-state index in [-0.39, 0.29) is 18.5 Å². The standard InChI is InChI=1S/C23H20N6O/c30-23(24-16-22-26-25-21-13-7-8-14-28(21)22)19-15-20(17-9-3-1-4-10-17)29(27-19)18-11-5-2-6-12-18/h1-14,20H,15-16H2,(H,24,30)/t20-/m1/s1. The van der Waals surface area contributed by atoms with E-state index in [4.69, 9.17) is 0 Å². The highest BCUT2D eigenvalue weighted by molar-refractivity contribution is 6.39. The molecule has 1 N–H and O–H groups in total. The van der Waals surface area contributed by atoms with Crippen LogP contribution in [0.3, 0.4) is 0 Å². The Kier molecular flexibility index (Phi) is 4.69. The van der Waals surface area contributed by atoms with Crippen molar-refractivity contribution in [3.05, 3.63) is 96.4 Å². The third-order valence-corrected chi connectivity index (χ3v) is 5.17. The third kappa shape index (κ3) is 3.41. The fourth-order valence-corrected chi connectivity index (χ4v) is 3.67. The number of amides is 1. The minimum atomic E-state index is -0.193. The van der Waals surface area contributed by atoms with Gasteiger partial charge in [-0.3, -0.25) is 14.2 Å². The van der Waals surface area contributed by atoms with Crippen LogP contribution in [0.25, 0.3) is 5.65 Å². The molecule has 2 aromatic heterocycles. The van der Waals surface area contributed by atoms with E-state index in [1.54, 1.807) is 0 Å². The summed E-state index contributed by atoms with van der Waals surface area (Å²) in [5, 5.41) is 17.8. The van der Waals surface area contributed by atoms with E-state index >= 15 is 0 Å². The van der Waals surface area contributed by atoms with Gasteiger partial charge in [-0.1, -0.05) is 54.6 Å². The summed E-state index contributed by atoms with van der Waals surface area (Å²) in [6.45, 7) is 0.282. The molecule has 148 valence electrons. The van der Waals surface area contributed by atoms with Crippen molar-refractivity contribution in [2.24, 2.45) is 5.10 Å². The van der Waals surface area contributed by atoms with Crippen LogP contribution in [0, 0.1) is 0 Å². The molecule has 7 nitrogen and oxygen atoms in total. The lowest BCUT2D eigenvalue weighted by atomic mass is 10.0. The monoisotopic (exact) mass is 396 g/mol. The lowest BCUT2D eigenvalue weighted by molar-refractivity contribution is -0.115. The Morgan fingerprint density at radius 1 is 0.933 bits per heavy atom. The highest BCUT2D eigenvalue weighted by Gasteiger charge is 2.32. The maximum absolute atomic E-state index is 12.9. The van der Waals surface area contributed by atoms with E-state index < -0.39 is 0 Å². The topological polar surface area (TPSA) is 74.9 Å². The smallest absolute Gasteiger partial charge is 0.267 e. The molecule has 0 radical (unpaired) electrons. The summed E-state index contributed by atoms with van der Waals surface area (Å²) in [6, 6.07) is 25.7. The molecule has 1 amide bonds. The first kappa shape index (κ1) is 18.1. The molecule has 5 rings (SSSR count). The maximum atomic E-state index is 12.9. The van der Waals surface area contributed by atoms with Gasteiger partial charge in [-0.05, 0) is 29.8 Å². The zero-order valence-electron chi connectivity index (χ0n) is 16.2. The number of aromatic nitrogens is 3. The number of carbonyl (C=O) groups excluding carboxylic acids is 1. The summed E-state index contributed by atoms with van der Waals surface area (Å²) in [6.07, 6.45) is 2.41. The molecule has 0 bridgehead atoms. The number of para-hydroxylation sites is 1. The van der Waals surface area contributed by atoms with E-state index in [0.717, 1.165) is 16.9 Å². The van der Waals surface area contributed by atoms with Crippen LogP contribution in [0.1, 0.15) is 23.9 Å². The van der Waals surface area contributed by atoms with Crippen LogP contribution in [0.5, 0.6) is 0 Å². The Bertz CT molecular complexity index is 1200. The summed E-state index contributed by atoms with van der Waals surface area (Å²) in [5.74, 6) is 0.485. The molecule has 0 saturated heterocycles. The quantitative estimate of drug-likeness (QED) is 0.561. The molecule has 0 saturated carbocycles. The average molecular weight is 396 g/mol. The molecule has 0 fully saturated rings. The number of carbonyl (C=O) groups is 1. The van der Waals surface area contributed by atoms with Crippen molar-refractivity contribution >= 4 is 23.0 Å². The lowest BCUT2D eigenvalue weighted by Gasteiger charge is -2.23. The number of fused-ring (bicyclic) bond motifs is 1. The van der Waals surface area contributed by atoms with Gasteiger partial charge >= 0.3 is 0 Å². The number of anilines is 1. The molecular formula is C23H20N6O. The Balaban J connectivity index is 1.37. The minimum absolute atomic E-state index is 0.0247. The maximum Gasteiger partial charge on any atom is 0.267 e. The number of rotatable bonds is 5. The first-order chi connectivity index (χ1) is 14.8. The predicted molar refractivity (Wildman–Crippen MR) is 115 cm³/mol. The minimum Gasteiger partial charge on any atom is -0.344 e. The van der Waals surface area contributed by atoms with E-state index in [0.29, 0.717) is 18.0 Å². The number of nitrogens with one attached hydrogen (secondary N) is 1. The van der Waals surface area contributed by atoms with E-state index in [9.17, 15) is 4.79 Å². The average Bonchev–Trinajstić information content (AvgIpc) is 3.44. The van der Waals surface area contributed by atoms with Crippen LogP contribution in [0.4, 0.5) is 5.69 Å². The van der Waals surface area contributed by atoms with Gasteiger partial charge in [0.25, 0.3) is 5.91 Å². The Morgan fingerprint density at radius 3 is 2.47 bits per heavy atom. The van der Waals surface area contributed by atoms with Crippen molar-refractivity contribution in [1.29, 1.82) is 0 Å². The molecular weight excluding hydrogens is 376 g/mol. The molecule has 30 heavy (non-hydrogen) atoms. The van der Waals surface area contributed by atoms with Crippen molar-refractivity contribution in [1.82, 2.24) is 19.9 Å². The van der Waals surface area contributed by atoms with Crippen molar-refractivity contribution in [2.45, 2.75) is 19.0 Å². The third-order valence-electron chi connectivity index (χ3n) is 5.17. The number of hydrogen-bond acceptors (Lipinski definition) is 5. The highest BCUT2D eigenvalue weighted by Crippen LogP contribution is 2.34. The summed E-state index contributed by atoms with van der Waals surface area (Å²) in [7, 11) is 0. The van der Waals surface area contributed by atoms with Gasteiger partial charge in [0.2, 0.25) is 0 Å². The van der Waals surface area contributed by atoms with Crippen LogP contribution in [0.2, 0.25) is 0 Å². The largest absolute Gasteiger partial charge is 0.344 e. The highest BCUT2D eigenvalue weighted by atomic mass is 16.2. The van der Waals surface area contributed by atoms with Gasteiger partial charge in [0, 0.05) is 12.6 Å². The Labute approximate surface area is 173 Å². The van der Waals surface area contributed by atoms with Crippen LogP contribution in [-0.4, -0.2) is 26.2 Å². The van der Waals surface area contributed by atoms with Crippen LogP contribution in [0.15, 0.2) is 90.2 Å². The predicted octanol–water partition coefficient (Wildman–Crippen LogP) is 3.35. The number of nitrogens with zero attached hydrogens (tertiary/aromatic N) is 5. The molecule has 0 aliphatic carbocycles. The second kappa shape index (κ2) is 7.79. The molecule has 1 atom stereocenters. The first-order valence-corrected chi connectivity index (χ1v) is 9.83. The number of hydrogen-bond donors (Lipinski definition) is 1. The van der Waals surface area contributed by atoms with Crippen LogP contribution in [-0.2, 0) is 11.3 Å². The normalized spacial score (nSPS) is 15.9. The first-order valence-electron chi connectivity index (χ1n) is 9.83. The SMILES string of the molecule is O=C(NCc1nnc2ccccn12)C1=NN(c2ccccc2)[C@@H](c2ccccc2)C1. The molecule has 2 aromatic carbocycles. The summed E-state index contributed by atoms with van der Waals surface area (Å²) in [5.41, 5.74) is 3.33. The summed E-state index contributed by atoms with van der Waals surface area (Å²) < 4.78 is 1.86. The molecule has 1 aliphatic rings. The number of benzene rings is 2. The summed E-state index contributed by atoms with van der Waals surface area (Å²) >= 11 is 0. The fourth-order valence-electron chi connectivity index (χ4n) is 3.67. The Hall–Kier alpha value is -4.00. The van der Waals surface area contributed by atoms with Gasteiger partial charge in [-0.25, -0.2) is 0 Å². The second-order valence-electron chi connectivity index (χ2n) is 7.09. The molecule has 1 aliphatic heterocycles. The van der Waals surface area contributed by atoms with Gasteiger partial charge in [0.15, 0.2) is 11.5 Å². The van der Waals surface area contributed by atoms with E-state index in [1.807, 2.05) is 82.3 Å². The fraction of sp³-hybridized carbons (Fsp3) is 0.130. The summed E-state index contributed by atoms with van der Waals surface area (Å²) in [4.78, 5) is 12.9. The van der Waals surface area contributed by atoms with E-state index in [2.05, 4.69) is 32.7 Å². The molecule has 3 heterocycles. The van der Waals surface area contributed by atoms with Crippen molar-refractivity contribution < 1.29 is 4.79 Å². The van der Waals surface area contributed by atoms with Crippen molar-refractivity contribution in [3.63, 3.8) is 0 Å². The molecule has 0 spiro atoms. The second-order valence-corrected chi connectivity index (χ2v) is 7.09. The number of hydrazone groups is 1. The van der Waals surface area contributed by atoms with E-state index in [1.165, 1.54) is 0 Å². The van der Waals surface area contributed by atoms with Gasteiger partial charge < -0.3 is 5.32 Å². The molecule has 0 unspecified atom stereocenters. The van der Waals surface area contributed by atoms with Gasteiger partial charge in [-0.15, -0.1) is 10.2 Å². The van der Waals surface area contributed by atoms with Crippen molar-refractivity contribution in [2.75, 3.05) is 5.01 Å². The zero-order chi connectivity index (χ0) is 20.3. The Morgan fingerprint density at radius 2 is 1.67 bits per heavy atom. The van der Waals surface area contributed by atoms with Gasteiger partial charge in [0.1, 0.15) is 5.71 Å². The molecule has 7 heteroatoms. The lowest BCUT2D eigenvalue weighted by Crippen LogP contribution is -2.30. The van der Waals surface area contributed by atoms with Gasteiger partial charge in [-0.2, -0.15) is 5.10 Å². The van der Waals surface area contributed by atoms with Crippen LogP contribution >= 0.6 is 0 Å². The zero-order valence-corrected chi connectivity index (χ0v) is 16.2. The molecule has 4 aromatic rings. The number of pyridine rings is 1. The van der Waals surface area contributed by atoms with Crippen molar-refractivity contribution in [3.8, 4) is 0 Å². The van der Waals surface area contributed by atoms with Crippen LogP contribution < -0.4 is 10.3 Å².